The lowest BCUT2D eigenvalue weighted by molar-refractivity contribution is 0.344. The molecule has 5 nitrogen and oxygen atoms in total. The lowest BCUT2D eigenvalue weighted by atomic mass is 10.0. The van der Waals surface area contributed by atoms with Crippen molar-refractivity contribution < 1.29 is 12.9 Å². The number of aromatic nitrogens is 2. The van der Waals surface area contributed by atoms with E-state index in [2.05, 4.69) is 33.0 Å². The van der Waals surface area contributed by atoms with Gasteiger partial charge in [0.15, 0.2) is 15.7 Å². The summed E-state index contributed by atoms with van der Waals surface area (Å²) in [4.78, 5) is 4.66. The topological polar surface area (TPSA) is 73.1 Å². The van der Waals surface area contributed by atoms with Gasteiger partial charge in [0, 0.05) is 10.9 Å². The van der Waals surface area contributed by atoms with Crippen LogP contribution in [0.5, 0.6) is 0 Å². The Labute approximate surface area is 157 Å². The van der Waals surface area contributed by atoms with E-state index in [1.807, 2.05) is 0 Å². The summed E-state index contributed by atoms with van der Waals surface area (Å²) in [6.07, 6.45) is 4.29. The van der Waals surface area contributed by atoms with Crippen LogP contribution in [0.15, 0.2) is 38.2 Å². The van der Waals surface area contributed by atoms with E-state index in [1.165, 1.54) is 12.8 Å². The second-order valence-corrected chi connectivity index (χ2v) is 10.9. The fraction of sp³-hybridized carbons (Fsp3) is 0.556. The summed E-state index contributed by atoms with van der Waals surface area (Å²) in [6, 6.07) is 6.60. The van der Waals surface area contributed by atoms with Crippen LogP contribution in [-0.2, 0) is 21.0 Å². The molecule has 1 fully saturated rings. The standard InChI is InChI=1S/C18H23BrN2O3S/c1-12-4-5-13(10-12)11-16-20-17(21-24-16)18(2,3)25(22,23)15-8-6-14(19)7-9-15/h6-9,12-13H,4-5,10-11H2,1-3H3. The highest BCUT2D eigenvalue weighted by atomic mass is 79.9. The average Bonchev–Trinajstić information content (AvgIpc) is 3.17. The maximum absolute atomic E-state index is 13.0. The SMILES string of the molecule is CC1CCC(Cc2nc(C(C)(C)S(=O)(=O)c3ccc(Br)cc3)no2)C1. The van der Waals surface area contributed by atoms with Crippen molar-refractivity contribution in [2.75, 3.05) is 0 Å². The highest BCUT2D eigenvalue weighted by Gasteiger charge is 2.42. The molecule has 0 bridgehead atoms. The normalized spacial score (nSPS) is 21.6. The largest absolute Gasteiger partial charge is 0.339 e. The number of nitrogens with zero attached hydrogens (tertiary/aromatic N) is 2. The van der Waals surface area contributed by atoms with Crippen LogP contribution < -0.4 is 0 Å². The third kappa shape index (κ3) is 3.67. The Morgan fingerprint density at radius 3 is 2.52 bits per heavy atom. The summed E-state index contributed by atoms with van der Waals surface area (Å²) in [5.74, 6) is 2.04. The van der Waals surface area contributed by atoms with Crippen LogP contribution in [-0.4, -0.2) is 18.6 Å². The van der Waals surface area contributed by atoms with Gasteiger partial charge < -0.3 is 4.52 Å². The first-order chi connectivity index (χ1) is 11.7. The molecule has 1 saturated carbocycles. The Balaban J connectivity index is 1.83. The van der Waals surface area contributed by atoms with Gasteiger partial charge in [0.1, 0.15) is 4.75 Å². The van der Waals surface area contributed by atoms with Gasteiger partial charge in [0.25, 0.3) is 0 Å². The molecule has 0 spiro atoms. The van der Waals surface area contributed by atoms with Crippen molar-refractivity contribution in [1.82, 2.24) is 10.1 Å². The molecule has 0 aliphatic heterocycles. The molecular weight excluding hydrogens is 404 g/mol. The summed E-state index contributed by atoms with van der Waals surface area (Å²) in [5, 5.41) is 3.98. The third-order valence-corrected chi connectivity index (χ3v) is 8.02. The predicted octanol–water partition coefficient (Wildman–Crippen LogP) is 4.52. The Bertz CT molecular complexity index is 843. The van der Waals surface area contributed by atoms with Crippen molar-refractivity contribution in [3.05, 3.63) is 40.5 Å². The molecule has 1 aromatic heterocycles. The average molecular weight is 427 g/mol. The quantitative estimate of drug-likeness (QED) is 0.702. The predicted molar refractivity (Wildman–Crippen MR) is 98.9 cm³/mol. The Hall–Kier alpha value is -1.21. The maximum atomic E-state index is 13.0. The van der Waals surface area contributed by atoms with Crippen molar-refractivity contribution in [2.45, 2.75) is 56.1 Å². The van der Waals surface area contributed by atoms with Gasteiger partial charge in [-0.1, -0.05) is 34.4 Å². The van der Waals surface area contributed by atoms with Crippen molar-refractivity contribution in [3.63, 3.8) is 0 Å². The lowest BCUT2D eigenvalue weighted by Crippen LogP contribution is -2.30. The minimum Gasteiger partial charge on any atom is -0.339 e. The second kappa shape index (κ2) is 6.83. The number of rotatable bonds is 5. The summed E-state index contributed by atoms with van der Waals surface area (Å²) in [7, 11) is -3.64. The molecule has 3 rings (SSSR count). The Kier molecular flexibility index (Phi) is 5.08. The molecule has 7 heteroatoms. The molecule has 1 aliphatic rings. The van der Waals surface area contributed by atoms with Crippen LogP contribution in [0.3, 0.4) is 0 Å². The first-order valence-electron chi connectivity index (χ1n) is 8.53. The first-order valence-corrected chi connectivity index (χ1v) is 10.8. The fourth-order valence-corrected chi connectivity index (χ4v) is 5.04. The van der Waals surface area contributed by atoms with Crippen molar-refractivity contribution in [2.24, 2.45) is 11.8 Å². The van der Waals surface area contributed by atoms with Crippen LogP contribution >= 0.6 is 15.9 Å². The first kappa shape index (κ1) is 18.6. The van der Waals surface area contributed by atoms with Gasteiger partial charge in [-0.05, 0) is 62.8 Å². The number of halogens is 1. The molecule has 1 aromatic carbocycles. The van der Waals surface area contributed by atoms with Crippen LogP contribution in [0.25, 0.3) is 0 Å². The molecule has 1 aliphatic carbocycles. The third-order valence-electron chi connectivity index (χ3n) is 5.07. The van der Waals surface area contributed by atoms with E-state index >= 15 is 0 Å². The van der Waals surface area contributed by atoms with Crippen molar-refractivity contribution in [1.29, 1.82) is 0 Å². The molecule has 2 unspecified atom stereocenters. The Morgan fingerprint density at radius 2 is 1.92 bits per heavy atom. The summed E-state index contributed by atoms with van der Waals surface area (Å²) < 4.78 is 31.0. The van der Waals surface area contributed by atoms with Crippen LogP contribution in [0.1, 0.15) is 51.7 Å². The van der Waals surface area contributed by atoms with Gasteiger partial charge in [0.05, 0.1) is 4.90 Å². The highest BCUT2D eigenvalue weighted by molar-refractivity contribution is 9.10. The van der Waals surface area contributed by atoms with Gasteiger partial charge >= 0.3 is 0 Å². The fourth-order valence-electron chi connectivity index (χ4n) is 3.37. The molecule has 0 amide bonds. The summed E-state index contributed by atoms with van der Waals surface area (Å²) >= 11 is 3.32. The summed E-state index contributed by atoms with van der Waals surface area (Å²) in [5.41, 5.74) is 0. The molecule has 0 N–H and O–H groups in total. The smallest absolute Gasteiger partial charge is 0.226 e. The maximum Gasteiger partial charge on any atom is 0.226 e. The molecule has 25 heavy (non-hydrogen) atoms. The monoisotopic (exact) mass is 426 g/mol. The molecule has 136 valence electrons. The van der Waals surface area contributed by atoms with E-state index in [9.17, 15) is 8.42 Å². The van der Waals surface area contributed by atoms with E-state index in [0.717, 1.165) is 23.2 Å². The van der Waals surface area contributed by atoms with Crippen LogP contribution in [0.2, 0.25) is 0 Å². The zero-order chi connectivity index (χ0) is 18.2. The lowest BCUT2D eigenvalue weighted by Gasteiger charge is -2.21. The van der Waals surface area contributed by atoms with Crippen LogP contribution in [0, 0.1) is 11.8 Å². The molecule has 2 aromatic rings. The zero-order valence-corrected chi connectivity index (χ0v) is 17.1. The minimum atomic E-state index is -3.64. The van der Waals surface area contributed by atoms with Gasteiger partial charge in [-0.15, -0.1) is 0 Å². The van der Waals surface area contributed by atoms with Gasteiger partial charge in [-0.3, -0.25) is 0 Å². The number of hydrogen-bond acceptors (Lipinski definition) is 5. The molecule has 0 radical (unpaired) electrons. The number of hydrogen-bond donors (Lipinski definition) is 0. The van der Waals surface area contributed by atoms with E-state index in [0.29, 0.717) is 11.8 Å². The number of sulfone groups is 1. The van der Waals surface area contributed by atoms with Gasteiger partial charge in [0.2, 0.25) is 5.89 Å². The Morgan fingerprint density at radius 1 is 1.24 bits per heavy atom. The van der Waals surface area contributed by atoms with E-state index in [1.54, 1.807) is 38.1 Å². The van der Waals surface area contributed by atoms with Gasteiger partial charge in [-0.2, -0.15) is 4.98 Å². The molecule has 2 atom stereocenters. The molecule has 1 heterocycles. The highest BCUT2D eigenvalue weighted by Crippen LogP contribution is 2.35. The second-order valence-electron chi connectivity index (χ2n) is 7.47. The molecule has 0 saturated heterocycles. The molecular formula is C18H23BrN2O3S. The van der Waals surface area contributed by atoms with Crippen molar-refractivity contribution >= 4 is 25.8 Å². The van der Waals surface area contributed by atoms with Crippen LogP contribution in [0.4, 0.5) is 0 Å². The van der Waals surface area contributed by atoms with Gasteiger partial charge in [-0.25, -0.2) is 8.42 Å². The summed E-state index contributed by atoms with van der Waals surface area (Å²) in [6.45, 7) is 5.50. The van der Waals surface area contributed by atoms with Crippen molar-refractivity contribution in [3.8, 4) is 0 Å². The number of benzene rings is 1. The van der Waals surface area contributed by atoms with E-state index in [4.69, 9.17) is 4.52 Å². The van der Waals surface area contributed by atoms with E-state index in [-0.39, 0.29) is 10.7 Å². The minimum absolute atomic E-state index is 0.219. The zero-order valence-electron chi connectivity index (χ0n) is 14.7. The van der Waals surface area contributed by atoms with E-state index < -0.39 is 14.6 Å².